The fourth-order valence-electron chi connectivity index (χ4n) is 3.60. The summed E-state index contributed by atoms with van der Waals surface area (Å²) >= 11 is 0. The van der Waals surface area contributed by atoms with Gasteiger partial charge in [0.25, 0.3) is 0 Å². The van der Waals surface area contributed by atoms with Gasteiger partial charge in [0, 0.05) is 43.7 Å². The van der Waals surface area contributed by atoms with Gasteiger partial charge in [0.15, 0.2) is 0 Å². The monoisotopic (exact) mass is 285 g/mol. The molecule has 1 aromatic rings. The van der Waals surface area contributed by atoms with Crippen molar-refractivity contribution in [3.05, 3.63) is 29.8 Å². The summed E-state index contributed by atoms with van der Waals surface area (Å²) in [6.07, 6.45) is 1.04. The summed E-state index contributed by atoms with van der Waals surface area (Å²) in [5.74, 6) is -0.510. The second-order valence-electron chi connectivity index (χ2n) is 6.56. The van der Waals surface area contributed by atoms with Gasteiger partial charge in [-0.3, -0.25) is 14.9 Å². The molecule has 4 rings (SSSR count). The van der Waals surface area contributed by atoms with E-state index in [2.05, 4.69) is 27.7 Å². The maximum atomic E-state index is 12.0. The minimum absolute atomic E-state index is 0.158. The Balaban J connectivity index is 1.51. The van der Waals surface area contributed by atoms with E-state index in [0.717, 1.165) is 31.7 Å². The molecule has 0 aliphatic carbocycles. The molecule has 0 bridgehead atoms. The second kappa shape index (κ2) is 4.56. The number of hydrogen-bond acceptors (Lipinski definition) is 4. The second-order valence-corrected chi connectivity index (χ2v) is 6.56. The maximum absolute atomic E-state index is 12.0. The Labute approximate surface area is 123 Å². The first-order chi connectivity index (χ1) is 10.2. The summed E-state index contributed by atoms with van der Waals surface area (Å²) in [4.78, 5) is 25.6. The van der Waals surface area contributed by atoms with Crippen molar-refractivity contribution in [2.45, 2.75) is 18.8 Å². The van der Waals surface area contributed by atoms with E-state index >= 15 is 0 Å². The Kier molecular flexibility index (Phi) is 2.79. The number of carbonyl (C=O) groups is 2. The molecule has 2 N–H and O–H groups in total. The van der Waals surface area contributed by atoms with Crippen molar-refractivity contribution < 1.29 is 9.59 Å². The predicted molar refractivity (Wildman–Crippen MR) is 79.1 cm³/mol. The van der Waals surface area contributed by atoms with Crippen molar-refractivity contribution in [1.29, 1.82) is 0 Å². The van der Waals surface area contributed by atoms with Gasteiger partial charge in [0.05, 0.1) is 5.92 Å². The van der Waals surface area contributed by atoms with Crippen LogP contribution in [0.3, 0.4) is 0 Å². The highest BCUT2D eigenvalue weighted by Crippen LogP contribution is 2.38. The molecular weight excluding hydrogens is 266 g/mol. The SMILES string of the molecule is O=C1CCC(c2cccc(N3CC4(CNC4)C3)c2)C(=O)N1. The van der Waals surface area contributed by atoms with E-state index in [0.29, 0.717) is 18.3 Å². The number of benzene rings is 1. The van der Waals surface area contributed by atoms with Crippen LogP contribution in [0.25, 0.3) is 0 Å². The van der Waals surface area contributed by atoms with E-state index in [1.165, 1.54) is 5.69 Å². The molecule has 1 aromatic carbocycles. The zero-order chi connectivity index (χ0) is 14.4. The Morgan fingerprint density at radius 2 is 2.00 bits per heavy atom. The van der Waals surface area contributed by atoms with Gasteiger partial charge in [-0.1, -0.05) is 12.1 Å². The van der Waals surface area contributed by atoms with Crippen LogP contribution < -0.4 is 15.5 Å². The molecule has 3 saturated heterocycles. The number of nitrogens with zero attached hydrogens (tertiary/aromatic N) is 1. The highest BCUT2D eigenvalue weighted by molar-refractivity contribution is 6.01. The number of hydrogen-bond donors (Lipinski definition) is 2. The minimum Gasteiger partial charge on any atom is -0.370 e. The number of rotatable bonds is 2. The fraction of sp³-hybridized carbons (Fsp3) is 0.500. The van der Waals surface area contributed by atoms with Crippen molar-refractivity contribution in [2.24, 2.45) is 5.41 Å². The Morgan fingerprint density at radius 3 is 2.67 bits per heavy atom. The molecule has 110 valence electrons. The molecule has 1 spiro atoms. The normalized spacial score (nSPS) is 27.0. The summed E-state index contributed by atoms with van der Waals surface area (Å²) in [6.45, 7) is 4.43. The zero-order valence-corrected chi connectivity index (χ0v) is 11.9. The van der Waals surface area contributed by atoms with Gasteiger partial charge in [0.1, 0.15) is 0 Å². The lowest BCUT2D eigenvalue weighted by Crippen LogP contribution is -2.71. The van der Waals surface area contributed by atoms with Crippen LogP contribution in [-0.4, -0.2) is 38.0 Å². The third kappa shape index (κ3) is 2.12. The van der Waals surface area contributed by atoms with Crippen molar-refractivity contribution in [3.8, 4) is 0 Å². The van der Waals surface area contributed by atoms with Gasteiger partial charge in [-0.2, -0.15) is 0 Å². The van der Waals surface area contributed by atoms with Crippen molar-refractivity contribution in [3.63, 3.8) is 0 Å². The Hall–Kier alpha value is -1.88. The van der Waals surface area contributed by atoms with Crippen molar-refractivity contribution in [2.75, 3.05) is 31.1 Å². The first kappa shape index (κ1) is 12.8. The molecule has 5 heteroatoms. The summed E-state index contributed by atoms with van der Waals surface area (Å²) < 4.78 is 0. The lowest BCUT2D eigenvalue weighted by atomic mass is 9.74. The Bertz CT molecular complexity index is 601. The van der Waals surface area contributed by atoms with Crippen LogP contribution in [0, 0.1) is 5.41 Å². The number of anilines is 1. The number of piperidine rings is 1. The molecule has 1 atom stereocenters. The average Bonchev–Trinajstić information content (AvgIpc) is 2.35. The third-order valence-electron chi connectivity index (χ3n) is 4.93. The molecule has 3 aliphatic rings. The first-order valence-electron chi connectivity index (χ1n) is 7.55. The molecule has 3 heterocycles. The topological polar surface area (TPSA) is 61.4 Å². The first-order valence-corrected chi connectivity index (χ1v) is 7.55. The lowest BCUT2D eigenvalue weighted by molar-refractivity contribution is -0.134. The highest BCUT2D eigenvalue weighted by Gasteiger charge is 2.47. The number of imide groups is 1. The molecule has 0 radical (unpaired) electrons. The zero-order valence-electron chi connectivity index (χ0n) is 11.9. The predicted octanol–water partition coefficient (Wildman–Crippen LogP) is 0.616. The maximum Gasteiger partial charge on any atom is 0.234 e. The lowest BCUT2D eigenvalue weighted by Gasteiger charge is -2.57. The molecule has 0 aromatic heterocycles. The molecule has 21 heavy (non-hydrogen) atoms. The van der Waals surface area contributed by atoms with Crippen molar-refractivity contribution in [1.82, 2.24) is 10.6 Å². The van der Waals surface area contributed by atoms with Crippen LogP contribution >= 0.6 is 0 Å². The summed E-state index contributed by atoms with van der Waals surface area (Å²) in [6, 6.07) is 8.22. The number of carbonyl (C=O) groups excluding carboxylic acids is 2. The van der Waals surface area contributed by atoms with E-state index in [-0.39, 0.29) is 17.7 Å². The largest absolute Gasteiger partial charge is 0.370 e. The van der Waals surface area contributed by atoms with Crippen LogP contribution in [0.15, 0.2) is 24.3 Å². The van der Waals surface area contributed by atoms with E-state index < -0.39 is 0 Å². The van der Waals surface area contributed by atoms with Gasteiger partial charge in [-0.15, -0.1) is 0 Å². The minimum atomic E-state index is -0.191. The van der Waals surface area contributed by atoms with Crippen LogP contribution in [0.4, 0.5) is 5.69 Å². The molecule has 0 saturated carbocycles. The van der Waals surface area contributed by atoms with Gasteiger partial charge < -0.3 is 10.2 Å². The molecule has 3 fully saturated rings. The molecule has 1 unspecified atom stereocenters. The Morgan fingerprint density at radius 1 is 1.19 bits per heavy atom. The average molecular weight is 285 g/mol. The van der Waals surface area contributed by atoms with Crippen LogP contribution in [0.5, 0.6) is 0 Å². The molecule has 5 nitrogen and oxygen atoms in total. The van der Waals surface area contributed by atoms with Crippen LogP contribution in [0.1, 0.15) is 24.3 Å². The summed E-state index contributed by atoms with van der Waals surface area (Å²) in [7, 11) is 0. The van der Waals surface area contributed by atoms with E-state index in [1.54, 1.807) is 0 Å². The van der Waals surface area contributed by atoms with Gasteiger partial charge >= 0.3 is 0 Å². The van der Waals surface area contributed by atoms with Crippen LogP contribution in [-0.2, 0) is 9.59 Å². The van der Waals surface area contributed by atoms with Gasteiger partial charge in [-0.05, 0) is 24.1 Å². The molecule has 3 aliphatic heterocycles. The third-order valence-corrected chi connectivity index (χ3v) is 4.93. The van der Waals surface area contributed by atoms with Gasteiger partial charge in [0.2, 0.25) is 11.8 Å². The highest BCUT2D eigenvalue weighted by atomic mass is 16.2. The quantitative estimate of drug-likeness (QED) is 0.782. The van der Waals surface area contributed by atoms with E-state index in [9.17, 15) is 9.59 Å². The molecule has 2 amide bonds. The van der Waals surface area contributed by atoms with E-state index in [4.69, 9.17) is 0 Å². The van der Waals surface area contributed by atoms with Crippen LogP contribution in [0.2, 0.25) is 0 Å². The van der Waals surface area contributed by atoms with Crippen molar-refractivity contribution >= 4 is 17.5 Å². The fourth-order valence-corrected chi connectivity index (χ4v) is 3.60. The summed E-state index contributed by atoms with van der Waals surface area (Å²) in [5, 5.41) is 5.77. The standard InChI is InChI=1S/C16H19N3O2/c20-14-5-4-13(15(21)18-14)11-2-1-3-12(6-11)19-9-16(10-19)7-17-8-16/h1-3,6,13,17H,4-5,7-10H2,(H,18,20,21). The van der Waals surface area contributed by atoms with E-state index in [1.807, 2.05) is 12.1 Å². The number of amides is 2. The van der Waals surface area contributed by atoms with Gasteiger partial charge in [-0.25, -0.2) is 0 Å². The molecular formula is C16H19N3O2. The number of nitrogens with one attached hydrogen (secondary N) is 2. The smallest absolute Gasteiger partial charge is 0.234 e. The summed E-state index contributed by atoms with van der Waals surface area (Å²) in [5.41, 5.74) is 2.70.